The van der Waals surface area contributed by atoms with Crippen LogP contribution in [0.4, 0.5) is 22.7 Å². The number of nitrogens with one attached hydrogen (secondary N) is 1. The van der Waals surface area contributed by atoms with Crippen LogP contribution < -0.4 is 15.2 Å². The Morgan fingerprint density at radius 2 is 1.50 bits per heavy atom. The number of ether oxygens (including phenoxy) is 1. The monoisotopic (exact) mass is 588 g/mol. The number of anilines is 2. The van der Waals surface area contributed by atoms with Gasteiger partial charge in [0, 0.05) is 6.07 Å². The van der Waals surface area contributed by atoms with Gasteiger partial charge in [-0.1, -0.05) is 0 Å². The van der Waals surface area contributed by atoms with Gasteiger partial charge in [-0.05, 0) is 37.1 Å². The molecule has 0 amide bonds. The third-order valence-electron chi connectivity index (χ3n) is 4.23. The van der Waals surface area contributed by atoms with Gasteiger partial charge in [0.1, 0.15) is 21.2 Å². The number of benzene rings is 2. The van der Waals surface area contributed by atoms with Crippen molar-refractivity contribution in [1.82, 2.24) is 0 Å². The molecule has 0 unspecified atom stereocenters. The van der Waals surface area contributed by atoms with Crippen molar-refractivity contribution >= 4 is 64.0 Å². The Bertz CT molecular complexity index is 1590. The van der Waals surface area contributed by atoms with E-state index in [1.807, 2.05) is 0 Å². The molecule has 0 aromatic heterocycles. The molecule has 0 fully saturated rings. The molecule has 2 aromatic carbocycles. The van der Waals surface area contributed by atoms with Crippen molar-refractivity contribution in [2.75, 3.05) is 22.8 Å². The number of nitrogen functional groups attached to an aromatic ring is 1. The summed E-state index contributed by atoms with van der Waals surface area (Å²) in [5, 5.41) is 7.42. The van der Waals surface area contributed by atoms with Crippen LogP contribution in [0.25, 0.3) is 0 Å². The van der Waals surface area contributed by atoms with E-state index < -0.39 is 68.2 Å². The summed E-state index contributed by atoms with van der Waals surface area (Å²) in [6.07, 6.45) is -0.159. The summed E-state index contributed by atoms with van der Waals surface area (Å²) in [7, 11) is -17.3. The Morgan fingerprint density at radius 3 is 2.03 bits per heavy atom. The molecule has 16 nitrogen and oxygen atoms in total. The van der Waals surface area contributed by atoms with E-state index in [2.05, 4.69) is 15.0 Å². The fourth-order valence-corrected chi connectivity index (χ4v) is 4.81. The van der Waals surface area contributed by atoms with Crippen LogP contribution in [0, 0.1) is 6.92 Å². The van der Waals surface area contributed by atoms with E-state index in [0.29, 0.717) is 12.1 Å². The topological polar surface area (TPSA) is 269 Å². The average molecular weight is 589 g/mol. The minimum atomic E-state index is -4.97. The lowest BCUT2D eigenvalue weighted by molar-refractivity contribution is 0.318. The zero-order valence-corrected chi connectivity index (χ0v) is 21.4. The van der Waals surface area contributed by atoms with Gasteiger partial charge in [0.05, 0.1) is 29.4 Å². The normalized spacial score (nSPS) is 12.8. The van der Waals surface area contributed by atoms with Gasteiger partial charge >= 0.3 is 0 Å². The number of nitrogens with zero attached hydrogens (tertiary/aromatic N) is 2. The first kappa shape index (κ1) is 29.4. The predicted octanol–water partition coefficient (Wildman–Crippen LogP) is 1.08. The second-order valence-corrected chi connectivity index (χ2v) is 12.1. The molecule has 0 aliphatic heterocycles. The molecule has 0 spiro atoms. The third kappa shape index (κ3) is 8.36. The number of thiol groups is 1. The summed E-state index contributed by atoms with van der Waals surface area (Å²) >= 11 is 0. The Kier molecular flexibility index (Phi) is 8.99. The van der Waals surface area contributed by atoms with Crippen LogP contribution in [0.15, 0.2) is 44.3 Å². The lowest BCUT2D eigenvalue weighted by Crippen LogP contribution is -2.09. The maximum Gasteiger partial charge on any atom is 0.296 e. The van der Waals surface area contributed by atoms with Crippen molar-refractivity contribution in [2.45, 2.75) is 23.1 Å². The highest BCUT2D eigenvalue weighted by Crippen LogP contribution is 2.36. The van der Waals surface area contributed by atoms with Crippen molar-refractivity contribution in [3.05, 3.63) is 29.8 Å². The Balaban J connectivity index is 2.56. The molecule has 0 radical (unpaired) electrons. The molecule has 200 valence electrons. The van der Waals surface area contributed by atoms with Crippen LogP contribution in [-0.4, -0.2) is 59.7 Å². The van der Waals surface area contributed by atoms with E-state index in [0.717, 1.165) is 6.07 Å². The van der Waals surface area contributed by atoms with Gasteiger partial charge in [-0.25, -0.2) is 8.42 Å². The van der Waals surface area contributed by atoms with E-state index >= 15 is 0 Å². The summed E-state index contributed by atoms with van der Waals surface area (Å²) < 4.78 is 125. The van der Waals surface area contributed by atoms with Gasteiger partial charge in [0.2, 0.25) is 10.9 Å². The molecule has 0 saturated carbocycles. The first-order chi connectivity index (χ1) is 16.4. The molecule has 0 aliphatic rings. The van der Waals surface area contributed by atoms with Crippen LogP contribution in [0.3, 0.4) is 0 Å². The van der Waals surface area contributed by atoms with E-state index in [1.54, 1.807) is 0 Å². The number of nitrogens with two attached hydrogens (primary N) is 1. The van der Waals surface area contributed by atoms with Gasteiger partial charge < -0.3 is 10.5 Å². The quantitative estimate of drug-likeness (QED) is 0.0706. The summed E-state index contributed by atoms with van der Waals surface area (Å²) in [5.41, 5.74) is 4.21. The maximum atomic E-state index is 11.7. The molecule has 0 atom stereocenters. The number of aryl methyl sites for hydroxylation is 1. The molecule has 0 bridgehead atoms. The number of hydrogen-bond acceptors (Lipinski definition) is 12. The Morgan fingerprint density at radius 1 is 0.917 bits per heavy atom. The number of azo groups is 1. The van der Waals surface area contributed by atoms with Gasteiger partial charge in [-0.3, -0.25) is 18.4 Å². The smallest absolute Gasteiger partial charge is 0.296 e. The van der Waals surface area contributed by atoms with Crippen LogP contribution in [0.2, 0.25) is 0 Å². The van der Waals surface area contributed by atoms with Gasteiger partial charge in [-0.15, -0.1) is 5.11 Å². The van der Waals surface area contributed by atoms with Crippen LogP contribution in [-0.2, 0) is 41.2 Å². The fourth-order valence-electron chi connectivity index (χ4n) is 2.69. The average Bonchev–Trinajstić information content (AvgIpc) is 2.69. The zero-order chi connectivity index (χ0) is 27.5. The Hall–Kier alpha value is -2.88. The summed E-state index contributed by atoms with van der Waals surface area (Å²) in [5.74, 6) is -0.773. The summed E-state index contributed by atoms with van der Waals surface area (Å²) in [6, 6.07) is 3.54. The molecule has 6 N–H and O–H groups in total. The molecule has 2 aromatic rings. The van der Waals surface area contributed by atoms with Crippen molar-refractivity contribution in [1.29, 1.82) is 0 Å². The molecule has 0 saturated heterocycles. The lowest BCUT2D eigenvalue weighted by atomic mass is 10.1. The van der Waals surface area contributed by atoms with Crippen molar-refractivity contribution in [2.24, 2.45) is 10.2 Å². The third-order valence-corrected chi connectivity index (χ3v) is 7.25. The molecule has 20 heteroatoms. The van der Waals surface area contributed by atoms with Gasteiger partial charge in [-0.2, -0.15) is 30.4 Å². The molecule has 2 rings (SSSR count). The molecular weight excluding hydrogens is 568 g/mol. The SMILES string of the molecule is Cc1cc(N[SH](=O)=O)c(OCCCS(=O)(=O)O)cc1N=Nc1cc(S(=O)(=O)O)c(N)cc1S(=O)(=O)O. The Labute approximate surface area is 207 Å². The minimum Gasteiger partial charge on any atom is -0.491 e. The van der Waals surface area contributed by atoms with E-state index in [4.69, 9.17) is 15.0 Å². The first-order valence-electron chi connectivity index (χ1n) is 9.32. The largest absolute Gasteiger partial charge is 0.491 e. The number of rotatable bonds is 11. The van der Waals surface area contributed by atoms with Crippen molar-refractivity contribution in [3.63, 3.8) is 0 Å². The standard InChI is InChI=1S/C16H20N4O12S4/c1-9-5-12(20-33(21)22)14(32-3-2-4-34(23,24)25)7-11(9)18-19-13-8-15(35(26,27)28)10(17)6-16(13)36(29,30)31/h5-8,33H,2-4,17H2,1H3,(H,20,21,22)(H,23,24,25)(H,26,27,28)(H,29,30,31). The highest BCUT2D eigenvalue weighted by molar-refractivity contribution is 7.86. The zero-order valence-electron chi connectivity index (χ0n) is 18.1. The van der Waals surface area contributed by atoms with Gasteiger partial charge in [0.25, 0.3) is 30.4 Å². The minimum absolute atomic E-state index is 0.0435. The highest BCUT2D eigenvalue weighted by atomic mass is 32.2. The highest BCUT2D eigenvalue weighted by Gasteiger charge is 2.23. The summed E-state index contributed by atoms with van der Waals surface area (Å²) in [6.45, 7) is 1.18. The molecular formula is C16H20N4O12S4. The summed E-state index contributed by atoms with van der Waals surface area (Å²) in [4.78, 5) is -1.82. The second kappa shape index (κ2) is 11.0. The number of hydrogen-bond donors (Lipinski definition) is 6. The van der Waals surface area contributed by atoms with Crippen LogP contribution in [0.1, 0.15) is 12.0 Å². The van der Waals surface area contributed by atoms with E-state index in [-0.39, 0.29) is 35.7 Å². The molecule has 0 heterocycles. The van der Waals surface area contributed by atoms with E-state index in [1.165, 1.54) is 13.0 Å². The van der Waals surface area contributed by atoms with Crippen molar-refractivity contribution in [3.8, 4) is 5.75 Å². The predicted molar refractivity (Wildman–Crippen MR) is 126 cm³/mol. The maximum absolute atomic E-state index is 11.7. The second-order valence-electron chi connectivity index (χ2n) is 7.00. The molecule has 36 heavy (non-hydrogen) atoms. The van der Waals surface area contributed by atoms with Crippen molar-refractivity contribution < 1.29 is 52.1 Å². The van der Waals surface area contributed by atoms with Gasteiger partial charge in [0.15, 0.2) is 0 Å². The lowest BCUT2D eigenvalue weighted by Gasteiger charge is -2.13. The fraction of sp³-hybridized carbons (Fsp3) is 0.250. The van der Waals surface area contributed by atoms with Crippen LogP contribution in [0.5, 0.6) is 5.75 Å². The van der Waals surface area contributed by atoms with E-state index in [9.17, 15) is 42.8 Å². The van der Waals surface area contributed by atoms with Crippen LogP contribution >= 0.6 is 0 Å². The first-order valence-corrected chi connectivity index (χ1v) is 15.0. The molecule has 0 aliphatic carbocycles.